The van der Waals surface area contributed by atoms with Crippen LogP contribution >= 0.6 is 23.2 Å². The van der Waals surface area contributed by atoms with Gasteiger partial charge >= 0.3 is 12.0 Å². The van der Waals surface area contributed by atoms with Gasteiger partial charge in [0.2, 0.25) is 0 Å². The van der Waals surface area contributed by atoms with Crippen LogP contribution in [0.15, 0.2) is 48.5 Å². The molecule has 2 amide bonds. The Morgan fingerprint density at radius 3 is 2.08 bits per heavy atom. The van der Waals surface area contributed by atoms with Crippen molar-refractivity contribution in [1.82, 2.24) is 5.32 Å². The molecule has 3 N–H and O–H groups in total. The van der Waals surface area contributed by atoms with Gasteiger partial charge in [-0.15, -0.1) is 0 Å². The average molecular weight is 367 g/mol. The first-order chi connectivity index (χ1) is 11.4. The lowest BCUT2D eigenvalue weighted by molar-refractivity contribution is -0.145. The molecule has 0 saturated carbocycles. The van der Waals surface area contributed by atoms with E-state index in [1.54, 1.807) is 48.5 Å². The number of carbonyl (C=O) groups is 2. The van der Waals surface area contributed by atoms with E-state index in [9.17, 15) is 9.59 Å². The fourth-order valence-electron chi connectivity index (χ4n) is 2.09. The molecule has 0 bridgehead atoms. The summed E-state index contributed by atoms with van der Waals surface area (Å²) in [4.78, 5) is 23.2. The molecule has 24 heavy (non-hydrogen) atoms. The number of ether oxygens (including phenoxy) is 1. The minimum absolute atomic E-state index is 0.0435. The summed E-state index contributed by atoms with van der Waals surface area (Å²) in [7, 11) is 0. The first-order valence-corrected chi connectivity index (χ1v) is 7.91. The molecule has 0 fully saturated rings. The summed E-state index contributed by atoms with van der Waals surface area (Å²) in [6, 6.07) is 12.5. The highest BCUT2D eigenvalue weighted by Crippen LogP contribution is 2.20. The number of benzene rings is 2. The number of esters is 1. The highest BCUT2D eigenvalue weighted by Gasteiger charge is 2.18. The predicted octanol–water partition coefficient (Wildman–Crippen LogP) is 3.84. The van der Waals surface area contributed by atoms with Crippen molar-refractivity contribution >= 4 is 35.2 Å². The maximum atomic E-state index is 12.0. The molecule has 2 aromatic carbocycles. The first-order valence-electron chi connectivity index (χ1n) is 7.15. The zero-order valence-electron chi connectivity index (χ0n) is 12.7. The Balaban J connectivity index is 1.97. The van der Waals surface area contributed by atoms with Gasteiger partial charge in [0.25, 0.3) is 0 Å². The number of amides is 2. The van der Waals surface area contributed by atoms with E-state index in [1.165, 1.54) is 0 Å². The molecule has 0 aromatic heterocycles. The molecular weight excluding hydrogens is 351 g/mol. The van der Waals surface area contributed by atoms with Crippen LogP contribution in [-0.2, 0) is 16.1 Å². The van der Waals surface area contributed by atoms with Gasteiger partial charge in [-0.2, -0.15) is 0 Å². The standard InChI is InChI=1S/C17H16Cl2N2O3/c18-13-5-1-11(2-6-13)10-24-16(22)9-15(21-17(20)23)12-3-7-14(19)8-4-12/h1-8,15H,9-10H2,(H3,20,21,23). The van der Waals surface area contributed by atoms with E-state index >= 15 is 0 Å². The van der Waals surface area contributed by atoms with Crippen molar-refractivity contribution in [3.63, 3.8) is 0 Å². The second-order valence-electron chi connectivity index (χ2n) is 5.10. The molecule has 1 atom stereocenters. The molecule has 5 nitrogen and oxygen atoms in total. The number of carbonyl (C=O) groups excluding carboxylic acids is 2. The van der Waals surface area contributed by atoms with Crippen molar-refractivity contribution in [1.29, 1.82) is 0 Å². The lowest BCUT2D eigenvalue weighted by atomic mass is 10.0. The minimum Gasteiger partial charge on any atom is -0.461 e. The summed E-state index contributed by atoms with van der Waals surface area (Å²) in [6.45, 7) is 0.125. The molecule has 0 saturated heterocycles. The van der Waals surface area contributed by atoms with Gasteiger partial charge in [0.05, 0.1) is 12.5 Å². The quantitative estimate of drug-likeness (QED) is 0.762. The molecule has 0 heterocycles. The van der Waals surface area contributed by atoms with Crippen LogP contribution in [0.4, 0.5) is 4.79 Å². The molecule has 7 heteroatoms. The number of urea groups is 1. The van der Waals surface area contributed by atoms with Gasteiger partial charge in [-0.25, -0.2) is 4.79 Å². The first kappa shape index (κ1) is 18.1. The topological polar surface area (TPSA) is 81.4 Å². The molecule has 0 aliphatic carbocycles. The van der Waals surface area contributed by atoms with Crippen LogP contribution in [-0.4, -0.2) is 12.0 Å². The van der Waals surface area contributed by atoms with Crippen LogP contribution < -0.4 is 11.1 Å². The number of rotatable bonds is 6. The van der Waals surface area contributed by atoms with Crippen molar-refractivity contribution < 1.29 is 14.3 Å². The second-order valence-corrected chi connectivity index (χ2v) is 5.98. The molecule has 0 aliphatic rings. The van der Waals surface area contributed by atoms with E-state index in [1.807, 2.05) is 0 Å². The van der Waals surface area contributed by atoms with Crippen LogP contribution in [0.3, 0.4) is 0 Å². The summed E-state index contributed by atoms with van der Waals surface area (Å²) < 4.78 is 5.23. The molecule has 2 aromatic rings. The summed E-state index contributed by atoms with van der Waals surface area (Å²) in [5.74, 6) is -0.460. The smallest absolute Gasteiger partial charge is 0.312 e. The van der Waals surface area contributed by atoms with Crippen molar-refractivity contribution in [3.8, 4) is 0 Å². The number of primary amides is 1. The largest absolute Gasteiger partial charge is 0.461 e. The number of hydrogen-bond acceptors (Lipinski definition) is 3. The van der Waals surface area contributed by atoms with Crippen LogP contribution in [0.5, 0.6) is 0 Å². The summed E-state index contributed by atoms with van der Waals surface area (Å²) >= 11 is 11.6. The van der Waals surface area contributed by atoms with E-state index in [0.717, 1.165) is 5.56 Å². The average Bonchev–Trinajstić information content (AvgIpc) is 2.54. The van der Waals surface area contributed by atoms with E-state index in [4.69, 9.17) is 33.7 Å². The van der Waals surface area contributed by atoms with Crippen molar-refractivity contribution in [2.75, 3.05) is 0 Å². The fraction of sp³-hybridized carbons (Fsp3) is 0.176. The molecule has 0 aliphatic heterocycles. The van der Waals surface area contributed by atoms with Crippen LogP contribution in [0.1, 0.15) is 23.6 Å². The monoisotopic (exact) mass is 366 g/mol. The van der Waals surface area contributed by atoms with Crippen LogP contribution in [0.2, 0.25) is 10.0 Å². The Morgan fingerprint density at radius 2 is 1.54 bits per heavy atom. The Labute approximate surface area is 149 Å². The Bertz CT molecular complexity index is 703. The second kappa shape index (κ2) is 8.57. The van der Waals surface area contributed by atoms with E-state index in [2.05, 4.69) is 5.32 Å². The third kappa shape index (κ3) is 5.76. The normalized spacial score (nSPS) is 11.6. The fourth-order valence-corrected chi connectivity index (χ4v) is 2.34. The van der Waals surface area contributed by atoms with Crippen LogP contribution in [0.25, 0.3) is 0 Å². The molecule has 0 spiro atoms. The van der Waals surface area contributed by atoms with Gasteiger partial charge in [-0.05, 0) is 35.4 Å². The molecule has 1 unspecified atom stereocenters. The molecule has 126 valence electrons. The van der Waals surface area contributed by atoms with Gasteiger partial charge in [0.1, 0.15) is 6.61 Å². The highest BCUT2D eigenvalue weighted by atomic mass is 35.5. The summed E-state index contributed by atoms with van der Waals surface area (Å²) in [6.07, 6.45) is -0.0435. The maximum Gasteiger partial charge on any atom is 0.312 e. The van der Waals surface area contributed by atoms with Gasteiger partial charge in [-0.1, -0.05) is 47.5 Å². The third-order valence-corrected chi connectivity index (χ3v) is 3.78. The number of nitrogens with one attached hydrogen (secondary N) is 1. The minimum atomic E-state index is -0.722. The van der Waals surface area contributed by atoms with Crippen molar-refractivity contribution in [2.45, 2.75) is 19.1 Å². The number of halogens is 2. The lowest BCUT2D eigenvalue weighted by Crippen LogP contribution is -2.34. The van der Waals surface area contributed by atoms with Crippen LogP contribution in [0, 0.1) is 0 Å². The van der Waals surface area contributed by atoms with Gasteiger partial charge in [-0.3, -0.25) is 4.79 Å². The van der Waals surface area contributed by atoms with Gasteiger partial charge in [0.15, 0.2) is 0 Å². The number of hydrogen-bond donors (Lipinski definition) is 2. The Morgan fingerprint density at radius 1 is 1.00 bits per heavy atom. The third-order valence-electron chi connectivity index (χ3n) is 3.27. The SMILES string of the molecule is NC(=O)NC(CC(=O)OCc1ccc(Cl)cc1)c1ccc(Cl)cc1. The van der Waals surface area contributed by atoms with Gasteiger partial charge in [0, 0.05) is 10.0 Å². The maximum absolute atomic E-state index is 12.0. The predicted molar refractivity (Wildman–Crippen MR) is 92.8 cm³/mol. The highest BCUT2D eigenvalue weighted by molar-refractivity contribution is 6.30. The van der Waals surface area contributed by atoms with Crippen molar-refractivity contribution in [3.05, 3.63) is 69.7 Å². The Kier molecular flexibility index (Phi) is 6.46. The van der Waals surface area contributed by atoms with Crippen molar-refractivity contribution in [2.24, 2.45) is 5.73 Å². The zero-order chi connectivity index (χ0) is 17.5. The molecule has 2 rings (SSSR count). The zero-order valence-corrected chi connectivity index (χ0v) is 14.2. The summed E-state index contributed by atoms with van der Waals surface area (Å²) in [5, 5.41) is 3.70. The molecular formula is C17H16Cl2N2O3. The van der Waals surface area contributed by atoms with E-state index in [-0.39, 0.29) is 13.0 Å². The van der Waals surface area contributed by atoms with Gasteiger partial charge < -0.3 is 15.8 Å². The summed E-state index contributed by atoms with van der Waals surface area (Å²) in [5.41, 5.74) is 6.70. The number of nitrogens with two attached hydrogens (primary N) is 1. The molecule has 0 radical (unpaired) electrons. The van der Waals surface area contributed by atoms with E-state index < -0.39 is 18.0 Å². The lowest BCUT2D eigenvalue weighted by Gasteiger charge is -2.17. The van der Waals surface area contributed by atoms with E-state index in [0.29, 0.717) is 15.6 Å². The Hall–Kier alpha value is -2.24.